The van der Waals surface area contributed by atoms with Gasteiger partial charge in [-0.3, -0.25) is 4.90 Å². The molecule has 1 rings (SSSR count). The standard InChI is InChI=1S/C16H27N/c1-4-15(2)10-9-11-16(3)14-17-12-7-5-6-8-13-17/h4,11H,1-2,5-10,12-14H2,3H3/b16-11+. The van der Waals surface area contributed by atoms with Crippen molar-refractivity contribution in [1.29, 1.82) is 0 Å². The molecule has 0 aliphatic carbocycles. The predicted octanol–water partition coefficient (Wildman–Crippen LogP) is 4.33. The summed E-state index contributed by atoms with van der Waals surface area (Å²) in [4.78, 5) is 2.60. The van der Waals surface area contributed by atoms with Crippen molar-refractivity contribution in [2.45, 2.75) is 45.4 Å². The van der Waals surface area contributed by atoms with Gasteiger partial charge in [0.1, 0.15) is 0 Å². The van der Waals surface area contributed by atoms with Gasteiger partial charge >= 0.3 is 0 Å². The second kappa shape index (κ2) is 8.30. The summed E-state index contributed by atoms with van der Waals surface area (Å²) in [7, 11) is 0. The van der Waals surface area contributed by atoms with Crippen molar-refractivity contribution >= 4 is 0 Å². The van der Waals surface area contributed by atoms with E-state index in [4.69, 9.17) is 0 Å². The molecule has 0 atom stereocenters. The van der Waals surface area contributed by atoms with Crippen LogP contribution in [0.4, 0.5) is 0 Å². The first-order valence-corrected chi connectivity index (χ1v) is 6.90. The van der Waals surface area contributed by atoms with Gasteiger partial charge in [0.05, 0.1) is 0 Å². The van der Waals surface area contributed by atoms with Crippen molar-refractivity contribution in [3.8, 4) is 0 Å². The van der Waals surface area contributed by atoms with E-state index in [0.717, 1.165) is 25.0 Å². The highest BCUT2D eigenvalue weighted by molar-refractivity contribution is 5.12. The van der Waals surface area contributed by atoms with Crippen LogP contribution < -0.4 is 0 Å². The summed E-state index contributed by atoms with van der Waals surface area (Å²) in [5.74, 6) is 0. The third kappa shape index (κ3) is 6.48. The Balaban J connectivity index is 2.26. The van der Waals surface area contributed by atoms with Crippen molar-refractivity contribution < 1.29 is 0 Å². The fraction of sp³-hybridized carbons (Fsp3) is 0.625. The van der Waals surface area contributed by atoms with Crippen molar-refractivity contribution in [3.63, 3.8) is 0 Å². The first kappa shape index (κ1) is 14.2. The van der Waals surface area contributed by atoms with Crippen LogP contribution in [-0.2, 0) is 0 Å². The summed E-state index contributed by atoms with van der Waals surface area (Å²) >= 11 is 0. The smallest absolute Gasteiger partial charge is 0.0190 e. The van der Waals surface area contributed by atoms with Gasteiger partial charge in [0, 0.05) is 6.54 Å². The molecule has 0 radical (unpaired) electrons. The molecular formula is C16H27N. The van der Waals surface area contributed by atoms with E-state index in [1.54, 1.807) is 0 Å². The molecule has 0 unspecified atom stereocenters. The maximum Gasteiger partial charge on any atom is 0.0190 e. The Morgan fingerprint density at radius 2 is 1.82 bits per heavy atom. The monoisotopic (exact) mass is 233 g/mol. The van der Waals surface area contributed by atoms with Crippen molar-refractivity contribution in [2.24, 2.45) is 0 Å². The highest BCUT2D eigenvalue weighted by atomic mass is 15.1. The van der Waals surface area contributed by atoms with E-state index in [1.807, 2.05) is 6.08 Å². The zero-order chi connectivity index (χ0) is 12.5. The van der Waals surface area contributed by atoms with Gasteiger partial charge in [0.2, 0.25) is 0 Å². The van der Waals surface area contributed by atoms with E-state index >= 15 is 0 Å². The van der Waals surface area contributed by atoms with Crippen LogP contribution in [0.2, 0.25) is 0 Å². The Morgan fingerprint density at radius 1 is 1.18 bits per heavy atom. The number of hydrogen-bond acceptors (Lipinski definition) is 1. The van der Waals surface area contributed by atoms with E-state index in [2.05, 4.69) is 31.1 Å². The molecule has 0 aromatic rings. The van der Waals surface area contributed by atoms with Gasteiger partial charge in [0.15, 0.2) is 0 Å². The summed E-state index contributed by atoms with van der Waals surface area (Å²) in [5, 5.41) is 0. The molecule has 1 heteroatoms. The van der Waals surface area contributed by atoms with Gasteiger partial charge in [-0.1, -0.05) is 49.3 Å². The van der Waals surface area contributed by atoms with Crippen LogP contribution in [0, 0.1) is 0 Å². The van der Waals surface area contributed by atoms with Crippen molar-refractivity contribution in [1.82, 2.24) is 4.90 Å². The minimum atomic E-state index is 1.04. The van der Waals surface area contributed by atoms with Crippen LogP contribution >= 0.6 is 0 Å². The molecule has 0 aromatic heterocycles. The van der Waals surface area contributed by atoms with Crippen LogP contribution in [0.3, 0.4) is 0 Å². The largest absolute Gasteiger partial charge is 0.299 e. The Hall–Kier alpha value is -0.820. The Morgan fingerprint density at radius 3 is 2.41 bits per heavy atom. The molecule has 1 fully saturated rings. The Labute approximate surface area is 107 Å². The van der Waals surface area contributed by atoms with Crippen molar-refractivity contribution in [2.75, 3.05) is 19.6 Å². The molecule has 96 valence electrons. The lowest BCUT2D eigenvalue weighted by atomic mass is 10.1. The first-order chi connectivity index (χ1) is 8.22. The fourth-order valence-electron chi connectivity index (χ4n) is 2.32. The molecule has 1 aliphatic heterocycles. The molecule has 0 spiro atoms. The molecule has 0 aromatic carbocycles. The van der Waals surface area contributed by atoms with Gasteiger partial charge in [-0.25, -0.2) is 0 Å². The summed E-state index contributed by atoms with van der Waals surface area (Å²) in [6.45, 7) is 13.6. The number of nitrogens with zero attached hydrogens (tertiary/aromatic N) is 1. The number of rotatable bonds is 6. The minimum absolute atomic E-state index is 1.04. The number of hydrogen-bond donors (Lipinski definition) is 0. The summed E-state index contributed by atoms with van der Waals surface area (Å²) in [5.41, 5.74) is 2.65. The van der Waals surface area contributed by atoms with Crippen LogP contribution in [0.1, 0.15) is 45.4 Å². The number of allylic oxidation sites excluding steroid dienone is 3. The lowest BCUT2D eigenvalue weighted by Crippen LogP contribution is -2.26. The molecule has 1 heterocycles. The summed E-state index contributed by atoms with van der Waals surface area (Å²) in [6, 6.07) is 0. The van der Waals surface area contributed by atoms with Crippen LogP contribution in [0.25, 0.3) is 0 Å². The highest BCUT2D eigenvalue weighted by Crippen LogP contribution is 2.12. The predicted molar refractivity (Wildman–Crippen MR) is 77.2 cm³/mol. The van der Waals surface area contributed by atoms with Crippen LogP contribution in [0.15, 0.2) is 36.5 Å². The molecule has 17 heavy (non-hydrogen) atoms. The van der Waals surface area contributed by atoms with Crippen molar-refractivity contribution in [3.05, 3.63) is 36.5 Å². The topological polar surface area (TPSA) is 3.24 Å². The first-order valence-electron chi connectivity index (χ1n) is 6.90. The molecular weight excluding hydrogens is 206 g/mol. The third-order valence-corrected chi connectivity index (χ3v) is 3.42. The summed E-state index contributed by atoms with van der Waals surface area (Å²) < 4.78 is 0. The lowest BCUT2D eigenvalue weighted by Gasteiger charge is -2.20. The fourth-order valence-corrected chi connectivity index (χ4v) is 2.32. The minimum Gasteiger partial charge on any atom is -0.299 e. The van der Waals surface area contributed by atoms with Gasteiger partial charge in [0.25, 0.3) is 0 Å². The maximum absolute atomic E-state index is 3.94. The SMILES string of the molecule is C=CC(=C)CC/C=C(\C)CN1CCCCCC1. The van der Waals surface area contributed by atoms with E-state index in [9.17, 15) is 0 Å². The van der Waals surface area contributed by atoms with Gasteiger partial charge in [-0.15, -0.1) is 0 Å². The van der Waals surface area contributed by atoms with E-state index < -0.39 is 0 Å². The zero-order valence-electron chi connectivity index (χ0n) is 11.4. The third-order valence-electron chi connectivity index (χ3n) is 3.42. The highest BCUT2D eigenvalue weighted by Gasteiger charge is 2.08. The van der Waals surface area contributed by atoms with E-state index in [1.165, 1.54) is 44.3 Å². The van der Waals surface area contributed by atoms with Crippen LogP contribution in [-0.4, -0.2) is 24.5 Å². The van der Waals surface area contributed by atoms with Gasteiger partial charge < -0.3 is 0 Å². The second-order valence-electron chi connectivity index (χ2n) is 5.14. The molecule has 1 nitrogen and oxygen atoms in total. The van der Waals surface area contributed by atoms with E-state index in [-0.39, 0.29) is 0 Å². The van der Waals surface area contributed by atoms with Gasteiger partial charge in [-0.05, 0) is 45.7 Å². The molecule has 1 aliphatic rings. The lowest BCUT2D eigenvalue weighted by molar-refractivity contribution is 0.308. The average molecular weight is 233 g/mol. The molecule has 0 saturated carbocycles. The van der Waals surface area contributed by atoms with Gasteiger partial charge in [-0.2, -0.15) is 0 Å². The molecule has 0 N–H and O–H groups in total. The number of likely N-dealkylation sites (tertiary alicyclic amines) is 1. The molecule has 0 bridgehead atoms. The zero-order valence-corrected chi connectivity index (χ0v) is 11.4. The average Bonchev–Trinajstić information content (AvgIpc) is 2.57. The quantitative estimate of drug-likeness (QED) is 0.487. The Bertz CT molecular complexity index is 267. The second-order valence-corrected chi connectivity index (χ2v) is 5.14. The molecule has 0 amide bonds. The Kier molecular flexibility index (Phi) is 6.95. The molecule has 1 saturated heterocycles. The normalized spacial score (nSPS) is 18.8. The maximum atomic E-state index is 3.94. The van der Waals surface area contributed by atoms with Crippen LogP contribution in [0.5, 0.6) is 0 Å². The van der Waals surface area contributed by atoms with E-state index in [0.29, 0.717) is 0 Å². The summed E-state index contributed by atoms with van der Waals surface area (Å²) in [6.07, 6.45) is 11.9.